The van der Waals surface area contributed by atoms with Crippen LogP contribution < -0.4 is 19.9 Å². The highest BCUT2D eigenvalue weighted by Gasteiger charge is 2.36. The Balaban J connectivity index is 0.000000160. The summed E-state index contributed by atoms with van der Waals surface area (Å²) in [5.41, 5.74) is 4.00. The van der Waals surface area contributed by atoms with E-state index in [9.17, 15) is 4.79 Å². The first kappa shape index (κ1) is 27.0. The average molecular weight is 554 g/mol. The van der Waals surface area contributed by atoms with Gasteiger partial charge in [-0.1, -0.05) is 11.6 Å². The van der Waals surface area contributed by atoms with Gasteiger partial charge in [0.1, 0.15) is 12.7 Å². The molecule has 3 aromatic rings. The molecule has 0 saturated carbocycles. The molecule has 2 fully saturated rings. The van der Waals surface area contributed by atoms with Crippen LogP contribution in [0.1, 0.15) is 26.0 Å². The molecular formula is C27H32ClN7O4. The van der Waals surface area contributed by atoms with Crippen LogP contribution in [0.2, 0.25) is 5.02 Å². The van der Waals surface area contributed by atoms with E-state index in [0.29, 0.717) is 42.4 Å². The SMILES string of the molecule is CC1(C)OCC(COc2cnc(NC=O)cn2)O1.Cc1cc(-c2nc3c(cc2Cl)N2CCC(C2)N3C)ccn1. The zero-order chi connectivity index (χ0) is 27.6. The number of ether oxygens (including phenoxy) is 3. The summed E-state index contributed by atoms with van der Waals surface area (Å²) in [6, 6.07) is 6.62. The predicted molar refractivity (Wildman–Crippen MR) is 148 cm³/mol. The molecule has 0 aliphatic carbocycles. The molecule has 0 spiro atoms. The summed E-state index contributed by atoms with van der Waals surface area (Å²) < 4.78 is 16.4. The summed E-state index contributed by atoms with van der Waals surface area (Å²) >= 11 is 6.50. The lowest BCUT2D eigenvalue weighted by atomic mass is 10.1. The van der Waals surface area contributed by atoms with E-state index in [2.05, 4.69) is 43.2 Å². The normalized spacial score (nSPS) is 20.6. The maximum Gasteiger partial charge on any atom is 0.232 e. The summed E-state index contributed by atoms with van der Waals surface area (Å²) in [4.78, 5) is 31.9. The van der Waals surface area contributed by atoms with Crippen LogP contribution in [0.5, 0.6) is 5.88 Å². The molecule has 2 atom stereocenters. The quantitative estimate of drug-likeness (QED) is 0.453. The molecule has 3 aromatic heterocycles. The first-order valence-electron chi connectivity index (χ1n) is 12.8. The van der Waals surface area contributed by atoms with Crippen molar-refractivity contribution in [1.82, 2.24) is 19.9 Å². The molecule has 6 rings (SSSR count). The number of aryl methyl sites for hydroxylation is 1. The molecule has 6 heterocycles. The highest BCUT2D eigenvalue weighted by Crippen LogP contribution is 2.42. The number of likely N-dealkylation sites (N-methyl/N-ethyl adjacent to an activating group) is 1. The van der Waals surface area contributed by atoms with E-state index in [0.717, 1.165) is 41.5 Å². The number of carbonyl (C=O) groups is 1. The van der Waals surface area contributed by atoms with Gasteiger partial charge in [-0.2, -0.15) is 0 Å². The summed E-state index contributed by atoms with van der Waals surface area (Å²) in [7, 11) is 2.13. The van der Waals surface area contributed by atoms with Crippen molar-refractivity contribution >= 4 is 35.3 Å². The van der Waals surface area contributed by atoms with Crippen LogP contribution >= 0.6 is 11.6 Å². The van der Waals surface area contributed by atoms with Crippen molar-refractivity contribution < 1.29 is 19.0 Å². The largest absolute Gasteiger partial charge is 0.474 e. The second-order valence-electron chi connectivity index (χ2n) is 10.1. The van der Waals surface area contributed by atoms with Gasteiger partial charge in [-0.3, -0.25) is 9.78 Å². The molecule has 3 aliphatic rings. The van der Waals surface area contributed by atoms with Crippen molar-refractivity contribution in [3.63, 3.8) is 0 Å². The van der Waals surface area contributed by atoms with E-state index >= 15 is 0 Å². The van der Waals surface area contributed by atoms with Crippen molar-refractivity contribution in [3.05, 3.63) is 47.5 Å². The van der Waals surface area contributed by atoms with Gasteiger partial charge >= 0.3 is 0 Å². The molecule has 206 valence electrons. The minimum atomic E-state index is -0.558. The van der Waals surface area contributed by atoms with Crippen molar-refractivity contribution in [2.45, 2.75) is 45.1 Å². The van der Waals surface area contributed by atoms with E-state index in [1.807, 2.05) is 32.9 Å². The number of aromatic nitrogens is 4. The Morgan fingerprint density at radius 3 is 2.79 bits per heavy atom. The lowest BCUT2D eigenvalue weighted by molar-refractivity contribution is -0.141. The molecule has 3 aliphatic heterocycles. The molecule has 2 unspecified atom stereocenters. The Morgan fingerprint density at radius 2 is 2.10 bits per heavy atom. The third-order valence-corrected chi connectivity index (χ3v) is 7.10. The minimum absolute atomic E-state index is 0.116. The summed E-state index contributed by atoms with van der Waals surface area (Å²) in [6.07, 6.45) is 6.27. The predicted octanol–water partition coefficient (Wildman–Crippen LogP) is 3.71. The van der Waals surface area contributed by atoms with Crippen molar-refractivity contribution in [3.8, 4) is 17.1 Å². The number of amides is 1. The maximum atomic E-state index is 10.2. The first-order valence-corrected chi connectivity index (χ1v) is 13.2. The summed E-state index contributed by atoms with van der Waals surface area (Å²) in [5, 5.41) is 3.09. The van der Waals surface area contributed by atoms with Crippen LogP contribution in [0.25, 0.3) is 11.3 Å². The molecule has 11 nitrogen and oxygen atoms in total. The van der Waals surface area contributed by atoms with Gasteiger partial charge in [0.25, 0.3) is 0 Å². The van der Waals surface area contributed by atoms with Gasteiger partial charge < -0.3 is 29.3 Å². The van der Waals surface area contributed by atoms with E-state index < -0.39 is 5.79 Å². The van der Waals surface area contributed by atoms with Gasteiger partial charge in [-0.15, -0.1) is 0 Å². The second-order valence-corrected chi connectivity index (χ2v) is 10.5. The highest BCUT2D eigenvalue weighted by molar-refractivity contribution is 6.33. The number of halogens is 1. The molecule has 39 heavy (non-hydrogen) atoms. The van der Waals surface area contributed by atoms with Gasteiger partial charge in [-0.25, -0.2) is 15.0 Å². The fourth-order valence-electron chi connectivity index (χ4n) is 4.86. The topological polar surface area (TPSA) is 115 Å². The first-order chi connectivity index (χ1) is 18.7. The van der Waals surface area contributed by atoms with Gasteiger partial charge in [0.05, 0.1) is 35.4 Å². The smallest absolute Gasteiger partial charge is 0.232 e. The van der Waals surface area contributed by atoms with Crippen LogP contribution in [-0.2, 0) is 14.3 Å². The van der Waals surface area contributed by atoms with Crippen LogP contribution in [-0.4, -0.2) is 77.6 Å². The summed E-state index contributed by atoms with van der Waals surface area (Å²) in [5.74, 6) is 1.23. The monoisotopic (exact) mass is 553 g/mol. The van der Waals surface area contributed by atoms with E-state index in [1.54, 1.807) is 6.20 Å². The molecule has 0 radical (unpaired) electrons. The molecule has 1 N–H and O–H groups in total. The number of pyridine rings is 2. The number of anilines is 3. The molecule has 2 saturated heterocycles. The summed E-state index contributed by atoms with van der Waals surface area (Å²) in [6.45, 7) is 8.69. The lowest BCUT2D eigenvalue weighted by Gasteiger charge is -2.35. The van der Waals surface area contributed by atoms with Gasteiger partial charge in [0, 0.05) is 43.6 Å². The van der Waals surface area contributed by atoms with Crippen molar-refractivity contribution in [2.24, 2.45) is 0 Å². The Bertz CT molecular complexity index is 1320. The number of carbonyl (C=O) groups excluding carboxylic acids is 1. The van der Waals surface area contributed by atoms with E-state index in [-0.39, 0.29) is 6.10 Å². The highest BCUT2D eigenvalue weighted by atomic mass is 35.5. The number of hydrogen-bond donors (Lipinski definition) is 1. The fourth-order valence-corrected chi connectivity index (χ4v) is 5.11. The van der Waals surface area contributed by atoms with Gasteiger partial charge in [-0.05, 0) is 45.4 Å². The van der Waals surface area contributed by atoms with Crippen LogP contribution in [0, 0.1) is 6.92 Å². The maximum absolute atomic E-state index is 10.2. The Kier molecular flexibility index (Phi) is 7.83. The fraction of sp³-hybridized carbons (Fsp3) is 0.444. The Labute approximate surface area is 232 Å². The van der Waals surface area contributed by atoms with E-state index in [1.165, 1.54) is 18.8 Å². The third kappa shape index (κ3) is 6.21. The number of nitrogens with zero attached hydrogens (tertiary/aromatic N) is 6. The van der Waals surface area contributed by atoms with Crippen LogP contribution in [0.3, 0.4) is 0 Å². The Hall–Kier alpha value is -3.54. The number of nitrogens with one attached hydrogen (secondary N) is 1. The van der Waals surface area contributed by atoms with Crippen LogP contribution in [0.4, 0.5) is 17.3 Å². The van der Waals surface area contributed by atoms with Crippen LogP contribution in [0.15, 0.2) is 36.8 Å². The van der Waals surface area contributed by atoms with Gasteiger partial charge in [0.15, 0.2) is 17.4 Å². The molecule has 1 amide bonds. The van der Waals surface area contributed by atoms with Crippen molar-refractivity contribution in [2.75, 3.05) is 48.5 Å². The minimum Gasteiger partial charge on any atom is -0.474 e. The zero-order valence-corrected chi connectivity index (χ0v) is 23.2. The number of rotatable bonds is 6. The van der Waals surface area contributed by atoms with Gasteiger partial charge in [0.2, 0.25) is 12.3 Å². The molecule has 2 bridgehead atoms. The lowest BCUT2D eigenvalue weighted by Crippen LogP contribution is -2.40. The van der Waals surface area contributed by atoms with E-state index in [4.69, 9.17) is 30.8 Å². The number of hydrogen-bond acceptors (Lipinski definition) is 10. The third-order valence-electron chi connectivity index (χ3n) is 6.81. The average Bonchev–Trinajstić information content (AvgIpc) is 3.52. The number of fused-ring (bicyclic) bond motifs is 4. The molecule has 12 heteroatoms. The standard InChI is InChI=1S/C16H17ClN4.C11H15N3O4/c1-10-7-11(3-5-18-10)15-13(17)8-14-16(19-15)20(2)12-4-6-21(14)9-12;1-11(2)17-6-8(18-11)5-16-10-4-12-9(3-13-10)14-7-15/h3,5,7-8,12H,4,6,9H2,1-2H3;3-4,7-8H,5-6H2,1-2H3,(H,12,14,15). The Morgan fingerprint density at radius 1 is 1.26 bits per heavy atom. The zero-order valence-electron chi connectivity index (χ0n) is 22.4. The molecule has 0 aromatic carbocycles. The second kappa shape index (κ2) is 11.3. The molecular weight excluding hydrogens is 522 g/mol. The van der Waals surface area contributed by atoms with Crippen molar-refractivity contribution in [1.29, 1.82) is 0 Å².